The average molecular weight is 664 g/mol. The number of para-hydroxylation sites is 2. The number of fused-ring (bicyclic) bond motifs is 5. The Morgan fingerprint density at radius 3 is 1.67 bits per heavy atom. The van der Waals surface area contributed by atoms with Gasteiger partial charge in [-0.1, -0.05) is 140 Å². The zero-order chi connectivity index (χ0) is 34.4. The van der Waals surface area contributed by atoms with E-state index in [-0.39, 0.29) is 0 Å². The summed E-state index contributed by atoms with van der Waals surface area (Å²) in [5, 5.41) is 7.15. The first kappa shape index (κ1) is 30.0. The van der Waals surface area contributed by atoms with Crippen molar-refractivity contribution in [2.45, 2.75) is 0 Å². The van der Waals surface area contributed by atoms with Crippen molar-refractivity contribution in [3.63, 3.8) is 0 Å². The third kappa shape index (κ3) is 5.30. The van der Waals surface area contributed by atoms with Gasteiger partial charge in [-0.3, -0.25) is 0 Å². The van der Waals surface area contributed by atoms with Crippen molar-refractivity contribution in [2.75, 3.05) is 4.90 Å². The molecular formula is C50H33NO. The first-order valence-corrected chi connectivity index (χ1v) is 17.7. The Bertz CT molecular complexity index is 2890. The van der Waals surface area contributed by atoms with Crippen LogP contribution in [0.15, 0.2) is 205 Å². The summed E-state index contributed by atoms with van der Waals surface area (Å²) in [6.45, 7) is 0. The largest absolute Gasteiger partial charge is 0.456 e. The molecule has 10 aromatic rings. The van der Waals surface area contributed by atoms with Crippen molar-refractivity contribution >= 4 is 60.5 Å². The molecule has 1 aromatic heterocycles. The third-order valence-corrected chi connectivity index (χ3v) is 10.2. The molecule has 2 nitrogen and oxygen atoms in total. The molecule has 0 saturated heterocycles. The van der Waals surface area contributed by atoms with Crippen LogP contribution in [0.3, 0.4) is 0 Å². The van der Waals surface area contributed by atoms with Gasteiger partial charge in [0.05, 0.1) is 5.69 Å². The van der Waals surface area contributed by atoms with Crippen molar-refractivity contribution in [3.05, 3.63) is 200 Å². The van der Waals surface area contributed by atoms with Gasteiger partial charge < -0.3 is 9.32 Å². The van der Waals surface area contributed by atoms with Gasteiger partial charge in [-0.05, 0) is 110 Å². The maximum absolute atomic E-state index is 6.22. The van der Waals surface area contributed by atoms with Gasteiger partial charge in [0.25, 0.3) is 0 Å². The Morgan fingerprint density at radius 1 is 0.308 bits per heavy atom. The summed E-state index contributed by atoms with van der Waals surface area (Å²) in [5.41, 5.74) is 12.3. The smallest absolute Gasteiger partial charge is 0.136 e. The molecule has 1 heterocycles. The Labute approximate surface area is 302 Å². The molecule has 2 heteroatoms. The second-order valence-corrected chi connectivity index (χ2v) is 13.4. The second-order valence-electron chi connectivity index (χ2n) is 13.4. The third-order valence-electron chi connectivity index (χ3n) is 10.2. The molecule has 0 bridgehead atoms. The first-order chi connectivity index (χ1) is 25.7. The highest BCUT2D eigenvalue weighted by molar-refractivity contribution is 6.10. The predicted molar refractivity (Wildman–Crippen MR) is 220 cm³/mol. The summed E-state index contributed by atoms with van der Waals surface area (Å²) in [4.78, 5) is 2.38. The molecule has 0 amide bonds. The van der Waals surface area contributed by atoms with Crippen molar-refractivity contribution in [2.24, 2.45) is 0 Å². The monoisotopic (exact) mass is 663 g/mol. The van der Waals surface area contributed by atoms with Crippen molar-refractivity contribution in [1.29, 1.82) is 0 Å². The van der Waals surface area contributed by atoms with E-state index in [0.717, 1.165) is 50.0 Å². The molecule has 244 valence electrons. The van der Waals surface area contributed by atoms with E-state index in [4.69, 9.17) is 4.42 Å². The highest BCUT2D eigenvalue weighted by Crippen LogP contribution is 2.42. The Balaban J connectivity index is 1.07. The summed E-state index contributed by atoms with van der Waals surface area (Å²) >= 11 is 0. The molecule has 9 aromatic carbocycles. The van der Waals surface area contributed by atoms with Gasteiger partial charge >= 0.3 is 0 Å². The summed E-state index contributed by atoms with van der Waals surface area (Å²) < 4.78 is 6.22. The fraction of sp³-hybridized carbons (Fsp3) is 0. The molecule has 0 aliphatic rings. The van der Waals surface area contributed by atoms with Crippen LogP contribution in [0.1, 0.15) is 0 Å². The van der Waals surface area contributed by atoms with Crippen LogP contribution < -0.4 is 4.90 Å². The van der Waals surface area contributed by atoms with Gasteiger partial charge in [-0.25, -0.2) is 0 Å². The van der Waals surface area contributed by atoms with E-state index >= 15 is 0 Å². The van der Waals surface area contributed by atoms with Gasteiger partial charge in [-0.15, -0.1) is 0 Å². The van der Waals surface area contributed by atoms with Gasteiger partial charge in [0.2, 0.25) is 0 Å². The Hall–Kier alpha value is -6.90. The normalized spacial score (nSPS) is 11.5. The number of anilines is 3. The summed E-state index contributed by atoms with van der Waals surface area (Å²) in [6, 6.07) is 71.8. The number of furan rings is 1. The fourth-order valence-electron chi connectivity index (χ4n) is 7.58. The van der Waals surface area contributed by atoms with Crippen LogP contribution in [0.25, 0.3) is 76.9 Å². The second kappa shape index (κ2) is 12.5. The molecule has 0 N–H and O–H groups in total. The maximum Gasteiger partial charge on any atom is 0.136 e. The molecule has 0 radical (unpaired) electrons. The minimum absolute atomic E-state index is 0.917. The van der Waals surface area contributed by atoms with E-state index in [1.807, 2.05) is 12.1 Å². The molecular weight excluding hydrogens is 631 g/mol. The first-order valence-electron chi connectivity index (χ1n) is 17.7. The Kier molecular flexibility index (Phi) is 7.18. The summed E-state index contributed by atoms with van der Waals surface area (Å²) in [6.07, 6.45) is 0. The van der Waals surface area contributed by atoms with Crippen molar-refractivity contribution in [3.8, 4) is 33.4 Å². The minimum atomic E-state index is 0.917. The standard InChI is InChI=1S/C50H33NO/c1-2-10-34(11-3-1)36-22-26-43(27-23-36)51(48-16-8-6-14-45(48)41-21-18-35-12-4-5-13-38(35)30-41)44-28-24-37(25-29-44)39-19-20-40-32-47-46-15-7-9-17-49(46)52-50(47)33-42(40)31-39/h1-33H. The van der Waals surface area contributed by atoms with Crippen molar-refractivity contribution in [1.82, 2.24) is 0 Å². The van der Waals surface area contributed by atoms with E-state index in [9.17, 15) is 0 Å². The van der Waals surface area contributed by atoms with E-state index < -0.39 is 0 Å². The lowest BCUT2D eigenvalue weighted by atomic mass is 9.97. The topological polar surface area (TPSA) is 16.4 Å². The molecule has 10 rings (SSSR count). The Morgan fingerprint density at radius 2 is 0.865 bits per heavy atom. The van der Waals surface area contributed by atoms with Crippen molar-refractivity contribution < 1.29 is 4.42 Å². The molecule has 0 atom stereocenters. The number of rotatable bonds is 6. The van der Waals surface area contributed by atoms with Crippen LogP contribution in [-0.4, -0.2) is 0 Å². The van der Waals surface area contributed by atoms with E-state index in [1.54, 1.807) is 0 Å². The van der Waals surface area contributed by atoms with Crippen LogP contribution in [0, 0.1) is 0 Å². The van der Waals surface area contributed by atoms with Gasteiger partial charge in [0.15, 0.2) is 0 Å². The quantitative estimate of drug-likeness (QED) is 0.176. The zero-order valence-corrected chi connectivity index (χ0v) is 28.4. The van der Waals surface area contributed by atoms with E-state index in [1.165, 1.54) is 44.0 Å². The fourth-order valence-corrected chi connectivity index (χ4v) is 7.58. The zero-order valence-electron chi connectivity index (χ0n) is 28.4. The van der Waals surface area contributed by atoms with E-state index in [2.05, 4.69) is 193 Å². The van der Waals surface area contributed by atoms with Gasteiger partial charge in [0.1, 0.15) is 11.2 Å². The maximum atomic E-state index is 6.22. The lowest BCUT2D eigenvalue weighted by Gasteiger charge is -2.28. The van der Waals surface area contributed by atoms with Crippen LogP contribution in [-0.2, 0) is 0 Å². The lowest BCUT2D eigenvalue weighted by molar-refractivity contribution is 0.669. The number of hydrogen-bond acceptors (Lipinski definition) is 2. The highest BCUT2D eigenvalue weighted by atomic mass is 16.3. The minimum Gasteiger partial charge on any atom is -0.456 e. The molecule has 52 heavy (non-hydrogen) atoms. The summed E-state index contributed by atoms with van der Waals surface area (Å²) in [7, 11) is 0. The molecule has 0 aliphatic heterocycles. The van der Waals surface area contributed by atoms with E-state index in [0.29, 0.717) is 0 Å². The average Bonchev–Trinajstić information content (AvgIpc) is 3.58. The molecule has 0 aliphatic carbocycles. The number of benzene rings is 9. The predicted octanol–water partition coefficient (Wildman–Crippen LogP) is 14.4. The van der Waals surface area contributed by atoms with Crippen LogP contribution in [0.4, 0.5) is 17.1 Å². The SMILES string of the molecule is c1ccc(-c2ccc(N(c3ccc(-c4ccc5cc6c(cc5c4)oc4ccccc46)cc3)c3ccccc3-c3ccc4ccccc4c3)cc2)cc1. The van der Waals surface area contributed by atoms with Crippen LogP contribution in [0.5, 0.6) is 0 Å². The van der Waals surface area contributed by atoms with Gasteiger partial charge in [-0.2, -0.15) is 0 Å². The number of hydrogen-bond donors (Lipinski definition) is 0. The van der Waals surface area contributed by atoms with Crippen LogP contribution >= 0.6 is 0 Å². The molecule has 0 unspecified atom stereocenters. The molecule has 0 fully saturated rings. The van der Waals surface area contributed by atoms with Gasteiger partial charge in [0, 0.05) is 27.7 Å². The highest BCUT2D eigenvalue weighted by Gasteiger charge is 2.18. The lowest BCUT2D eigenvalue weighted by Crippen LogP contribution is -2.11. The molecule has 0 saturated carbocycles. The number of nitrogens with zero attached hydrogens (tertiary/aromatic N) is 1. The summed E-state index contributed by atoms with van der Waals surface area (Å²) in [5.74, 6) is 0. The van der Waals surface area contributed by atoms with Crippen LogP contribution in [0.2, 0.25) is 0 Å². The molecule has 0 spiro atoms.